The number of aromatic nitrogens is 1. The topological polar surface area (TPSA) is 65.5 Å². The minimum Gasteiger partial charge on any atom is -0.343 e. The van der Waals surface area contributed by atoms with Crippen LogP contribution in [0.1, 0.15) is 32.1 Å². The Morgan fingerprint density at radius 1 is 1.17 bits per heavy atom. The predicted octanol–water partition coefficient (Wildman–Crippen LogP) is 2.99. The second-order valence-corrected chi connectivity index (χ2v) is 6.95. The SMILES string of the molecule is O=C(CC1CCN(C(=O)Nc2cc(Cl)ccn2)CC1)N1CCCC1. The van der Waals surface area contributed by atoms with E-state index in [0.717, 1.165) is 38.8 Å². The van der Waals surface area contributed by atoms with Crippen molar-refractivity contribution in [3.05, 3.63) is 23.4 Å². The van der Waals surface area contributed by atoms with Crippen molar-refractivity contribution in [2.75, 3.05) is 31.5 Å². The average molecular weight is 351 g/mol. The normalized spacial score (nSPS) is 18.7. The number of halogens is 1. The monoisotopic (exact) mass is 350 g/mol. The van der Waals surface area contributed by atoms with E-state index in [0.29, 0.717) is 36.3 Å². The molecule has 2 saturated heterocycles. The van der Waals surface area contributed by atoms with Crippen LogP contribution in [0.5, 0.6) is 0 Å². The molecule has 1 aromatic rings. The van der Waals surface area contributed by atoms with E-state index >= 15 is 0 Å². The number of hydrogen-bond donors (Lipinski definition) is 1. The van der Waals surface area contributed by atoms with Crippen molar-refractivity contribution < 1.29 is 9.59 Å². The van der Waals surface area contributed by atoms with Gasteiger partial charge < -0.3 is 9.80 Å². The van der Waals surface area contributed by atoms with E-state index in [9.17, 15) is 9.59 Å². The van der Waals surface area contributed by atoms with Crippen LogP contribution >= 0.6 is 11.6 Å². The molecule has 1 aromatic heterocycles. The maximum atomic E-state index is 12.3. The van der Waals surface area contributed by atoms with Crippen LogP contribution in [0.3, 0.4) is 0 Å². The standard InChI is InChI=1S/C17H23ClN4O2/c18-14-3-6-19-15(12-14)20-17(24)22-9-4-13(5-10-22)11-16(23)21-7-1-2-8-21/h3,6,12-13H,1-2,4-5,7-11H2,(H,19,20,24). The van der Waals surface area contributed by atoms with Gasteiger partial charge in [-0.1, -0.05) is 11.6 Å². The van der Waals surface area contributed by atoms with Crippen molar-refractivity contribution in [1.29, 1.82) is 0 Å². The zero-order valence-corrected chi connectivity index (χ0v) is 14.5. The van der Waals surface area contributed by atoms with Gasteiger partial charge in [0.15, 0.2) is 0 Å². The largest absolute Gasteiger partial charge is 0.343 e. The average Bonchev–Trinajstić information content (AvgIpc) is 3.10. The summed E-state index contributed by atoms with van der Waals surface area (Å²) in [5.74, 6) is 1.11. The van der Waals surface area contributed by atoms with E-state index in [-0.39, 0.29) is 11.9 Å². The maximum Gasteiger partial charge on any atom is 0.323 e. The number of amides is 3. The highest BCUT2D eigenvalue weighted by atomic mass is 35.5. The Hall–Kier alpha value is -1.82. The fraction of sp³-hybridized carbons (Fsp3) is 0.588. The van der Waals surface area contributed by atoms with Gasteiger partial charge in [-0.25, -0.2) is 9.78 Å². The van der Waals surface area contributed by atoms with Gasteiger partial charge in [-0.3, -0.25) is 10.1 Å². The van der Waals surface area contributed by atoms with Crippen LogP contribution < -0.4 is 5.32 Å². The number of carbonyl (C=O) groups is 2. The Morgan fingerprint density at radius 2 is 1.88 bits per heavy atom. The smallest absolute Gasteiger partial charge is 0.323 e. The number of pyridine rings is 1. The van der Waals surface area contributed by atoms with Crippen molar-refractivity contribution in [2.45, 2.75) is 32.1 Å². The van der Waals surface area contributed by atoms with E-state index in [2.05, 4.69) is 10.3 Å². The lowest BCUT2D eigenvalue weighted by molar-refractivity contribution is -0.131. The number of hydrogen-bond acceptors (Lipinski definition) is 3. The third kappa shape index (κ3) is 4.38. The first-order valence-corrected chi connectivity index (χ1v) is 8.95. The Bertz CT molecular complexity index is 596. The van der Waals surface area contributed by atoms with Gasteiger partial charge in [-0.05, 0) is 43.7 Å². The van der Waals surface area contributed by atoms with Gasteiger partial charge in [-0.15, -0.1) is 0 Å². The molecule has 3 heterocycles. The third-order valence-corrected chi connectivity index (χ3v) is 5.02. The van der Waals surface area contributed by atoms with Crippen molar-refractivity contribution in [3.8, 4) is 0 Å². The van der Waals surface area contributed by atoms with Crippen molar-refractivity contribution in [1.82, 2.24) is 14.8 Å². The number of piperidine rings is 1. The fourth-order valence-corrected chi connectivity index (χ4v) is 3.50. The highest BCUT2D eigenvalue weighted by Gasteiger charge is 2.27. The van der Waals surface area contributed by atoms with Crippen LogP contribution in [0, 0.1) is 5.92 Å². The summed E-state index contributed by atoms with van der Waals surface area (Å²) < 4.78 is 0. The molecule has 0 saturated carbocycles. The lowest BCUT2D eigenvalue weighted by Gasteiger charge is -2.32. The molecule has 0 aliphatic carbocycles. The molecule has 2 fully saturated rings. The summed E-state index contributed by atoms with van der Waals surface area (Å²) in [6.45, 7) is 3.16. The molecular weight excluding hydrogens is 328 g/mol. The first-order valence-electron chi connectivity index (χ1n) is 8.57. The number of anilines is 1. The first-order chi connectivity index (χ1) is 11.6. The molecule has 3 amide bonds. The van der Waals surface area contributed by atoms with Gasteiger partial charge in [0.25, 0.3) is 0 Å². The van der Waals surface area contributed by atoms with E-state index in [1.54, 1.807) is 23.2 Å². The van der Waals surface area contributed by atoms with Crippen LogP contribution in [0.4, 0.5) is 10.6 Å². The summed E-state index contributed by atoms with van der Waals surface area (Å²) in [7, 11) is 0. The number of carbonyl (C=O) groups excluding carboxylic acids is 2. The molecule has 0 unspecified atom stereocenters. The van der Waals surface area contributed by atoms with E-state index in [4.69, 9.17) is 11.6 Å². The summed E-state index contributed by atoms with van der Waals surface area (Å²) in [6, 6.07) is 3.13. The molecule has 3 rings (SSSR count). The molecule has 0 aromatic carbocycles. The molecule has 130 valence electrons. The third-order valence-electron chi connectivity index (χ3n) is 4.78. The molecule has 0 bridgehead atoms. The quantitative estimate of drug-likeness (QED) is 0.911. The summed E-state index contributed by atoms with van der Waals surface area (Å²) in [6.07, 6.45) is 6.18. The number of urea groups is 1. The van der Waals surface area contributed by atoms with Crippen molar-refractivity contribution in [2.24, 2.45) is 5.92 Å². The molecule has 7 heteroatoms. The molecule has 0 radical (unpaired) electrons. The molecular formula is C17H23ClN4O2. The lowest BCUT2D eigenvalue weighted by Crippen LogP contribution is -2.42. The Morgan fingerprint density at radius 3 is 2.54 bits per heavy atom. The van der Waals surface area contributed by atoms with Crippen LogP contribution in [0.25, 0.3) is 0 Å². The predicted molar refractivity (Wildman–Crippen MR) is 93.0 cm³/mol. The van der Waals surface area contributed by atoms with E-state index in [1.807, 2.05) is 4.90 Å². The van der Waals surface area contributed by atoms with Gasteiger partial charge in [0.05, 0.1) is 0 Å². The van der Waals surface area contributed by atoms with Crippen LogP contribution in [0.2, 0.25) is 5.02 Å². The summed E-state index contributed by atoms with van der Waals surface area (Å²) in [4.78, 5) is 32.3. The van der Waals surface area contributed by atoms with Crippen LogP contribution in [-0.4, -0.2) is 52.9 Å². The first kappa shape index (κ1) is 17.0. The second-order valence-electron chi connectivity index (χ2n) is 6.51. The van der Waals surface area contributed by atoms with Gasteiger partial charge >= 0.3 is 6.03 Å². The van der Waals surface area contributed by atoms with Gasteiger partial charge in [0, 0.05) is 43.8 Å². The van der Waals surface area contributed by atoms with Crippen molar-refractivity contribution >= 4 is 29.4 Å². The molecule has 2 aliphatic rings. The van der Waals surface area contributed by atoms with Crippen LogP contribution in [0.15, 0.2) is 18.3 Å². The van der Waals surface area contributed by atoms with Gasteiger partial charge in [-0.2, -0.15) is 0 Å². The Labute approximate surface area is 147 Å². The number of nitrogens with one attached hydrogen (secondary N) is 1. The fourth-order valence-electron chi connectivity index (χ4n) is 3.34. The molecule has 0 spiro atoms. The van der Waals surface area contributed by atoms with Gasteiger partial charge in [0.1, 0.15) is 5.82 Å². The molecule has 24 heavy (non-hydrogen) atoms. The Kier molecular flexibility index (Phi) is 5.56. The van der Waals surface area contributed by atoms with Gasteiger partial charge in [0.2, 0.25) is 5.91 Å². The highest BCUT2D eigenvalue weighted by Crippen LogP contribution is 2.23. The summed E-state index contributed by atoms with van der Waals surface area (Å²) in [5, 5.41) is 3.31. The summed E-state index contributed by atoms with van der Waals surface area (Å²) >= 11 is 5.89. The maximum absolute atomic E-state index is 12.3. The molecule has 0 atom stereocenters. The minimum absolute atomic E-state index is 0.158. The van der Waals surface area contributed by atoms with E-state index < -0.39 is 0 Å². The lowest BCUT2D eigenvalue weighted by atomic mass is 9.93. The zero-order valence-electron chi connectivity index (χ0n) is 13.7. The highest BCUT2D eigenvalue weighted by molar-refractivity contribution is 6.30. The number of nitrogens with zero attached hydrogens (tertiary/aromatic N) is 3. The second kappa shape index (κ2) is 7.83. The summed E-state index contributed by atoms with van der Waals surface area (Å²) in [5.41, 5.74) is 0. The van der Waals surface area contributed by atoms with Crippen LogP contribution in [-0.2, 0) is 4.79 Å². The number of likely N-dealkylation sites (tertiary alicyclic amines) is 2. The molecule has 1 N–H and O–H groups in total. The molecule has 2 aliphatic heterocycles. The minimum atomic E-state index is -0.158. The number of rotatable bonds is 3. The zero-order chi connectivity index (χ0) is 16.9. The molecule has 6 nitrogen and oxygen atoms in total. The van der Waals surface area contributed by atoms with Crippen molar-refractivity contribution in [3.63, 3.8) is 0 Å². The van der Waals surface area contributed by atoms with E-state index in [1.165, 1.54) is 0 Å². The Balaban J connectivity index is 1.44.